The first-order valence-corrected chi connectivity index (χ1v) is 3.77. The van der Waals surface area contributed by atoms with Gasteiger partial charge < -0.3 is 14.8 Å². The maximum absolute atomic E-state index is 5.72. The molecule has 1 atom stereocenters. The monoisotopic (exact) mass is 143 g/mol. The second kappa shape index (κ2) is 2.19. The van der Waals surface area contributed by atoms with E-state index in [4.69, 9.17) is 9.47 Å². The molecular formula is C7H13NO2. The van der Waals surface area contributed by atoms with E-state index in [9.17, 15) is 0 Å². The molecule has 0 bridgehead atoms. The molecule has 0 radical (unpaired) electrons. The summed E-state index contributed by atoms with van der Waals surface area (Å²) in [5.41, 5.74) is 0.0394. The SMILES string of the molecule is CC1COCC2(CNC2)O1. The molecular weight excluding hydrogens is 130 g/mol. The molecule has 0 saturated carbocycles. The molecule has 1 unspecified atom stereocenters. The van der Waals surface area contributed by atoms with Crippen molar-refractivity contribution in [3.05, 3.63) is 0 Å². The van der Waals surface area contributed by atoms with Crippen LogP contribution in [0, 0.1) is 0 Å². The molecule has 58 valence electrons. The Kier molecular flexibility index (Phi) is 1.44. The summed E-state index contributed by atoms with van der Waals surface area (Å²) in [6.45, 7) is 5.49. The molecule has 1 spiro atoms. The first-order valence-electron chi connectivity index (χ1n) is 3.77. The molecule has 0 aliphatic carbocycles. The molecule has 1 N–H and O–H groups in total. The molecule has 2 heterocycles. The van der Waals surface area contributed by atoms with Crippen LogP contribution in [0.4, 0.5) is 0 Å². The van der Waals surface area contributed by atoms with Gasteiger partial charge in [-0.05, 0) is 6.92 Å². The van der Waals surface area contributed by atoms with E-state index in [-0.39, 0.29) is 11.7 Å². The fraction of sp³-hybridized carbons (Fsp3) is 1.00. The van der Waals surface area contributed by atoms with Crippen LogP contribution in [0.5, 0.6) is 0 Å². The lowest BCUT2D eigenvalue weighted by Gasteiger charge is -2.46. The Morgan fingerprint density at radius 1 is 1.50 bits per heavy atom. The van der Waals surface area contributed by atoms with E-state index < -0.39 is 0 Å². The molecule has 2 fully saturated rings. The summed E-state index contributed by atoms with van der Waals surface area (Å²) in [7, 11) is 0. The van der Waals surface area contributed by atoms with Gasteiger partial charge in [-0.25, -0.2) is 0 Å². The Morgan fingerprint density at radius 2 is 2.30 bits per heavy atom. The zero-order valence-electron chi connectivity index (χ0n) is 6.22. The van der Waals surface area contributed by atoms with Crippen LogP contribution in [0.15, 0.2) is 0 Å². The van der Waals surface area contributed by atoms with Gasteiger partial charge in [-0.2, -0.15) is 0 Å². The third-order valence-electron chi connectivity index (χ3n) is 2.06. The van der Waals surface area contributed by atoms with Gasteiger partial charge in [0, 0.05) is 13.1 Å². The van der Waals surface area contributed by atoms with Gasteiger partial charge in [0.05, 0.1) is 19.3 Å². The standard InChI is InChI=1S/C7H13NO2/c1-6-2-9-5-7(10-6)3-8-4-7/h6,8H,2-5H2,1H3. The van der Waals surface area contributed by atoms with Crippen LogP contribution in [-0.2, 0) is 9.47 Å². The first kappa shape index (κ1) is 6.58. The van der Waals surface area contributed by atoms with Crippen molar-refractivity contribution in [2.24, 2.45) is 0 Å². The Balaban J connectivity index is 1.96. The lowest BCUT2D eigenvalue weighted by Crippen LogP contribution is -2.66. The van der Waals surface area contributed by atoms with E-state index in [1.807, 2.05) is 0 Å². The van der Waals surface area contributed by atoms with Crippen LogP contribution in [0.25, 0.3) is 0 Å². The molecule has 2 saturated heterocycles. The van der Waals surface area contributed by atoms with Crippen LogP contribution >= 0.6 is 0 Å². The molecule has 10 heavy (non-hydrogen) atoms. The van der Waals surface area contributed by atoms with Crippen LogP contribution < -0.4 is 5.32 Å². The third kappa shape index (κ3) is 0.944. The number of ether oxygens (including phenoxy) is 2. The number of hydrogen-bond donors (Lipinski definition) is 1. The summed E-state index contributed by atoms with van der Waals surface area (Å²) in [4.78, 5) is 0. The highest BCUT2D eigenvalue weighted by Crippen LogP contribution is 2.23. The average Bonchev–Trinajstić information content (AvgIpc) is 1.85. The van der Waals surface area contributed by atoms with Gasteiger partial charge in [-0.3, -0.25) is 0 Å². The van der Waals surface area contributed by atoms with E-state index in [1.165, 1.54) is 0 Å². The van der Waals surface area contributed by atoms with Gasteiger partial charge in [0.1, 0.15) is 5.60 Å². The number of nitrogens with one attached hydrogen (secondary N) is 1. The number of hydrogen-bond acceptors (Lipinski definition) is 3. The average molecular weight is 143 g/mol. The van der Waals surface area contributed by atoms with E-state index in [0.717, 1.165) is 26.3 Å². The molecule has 3 heteroatoms. The number of rotatable bonds is 0. The van der Waals surface area contributed by atoms with Gasteiger partial charge >= 0.3 is 0 Å². The summed E-state index contributed by atoms with van der Waals surface area (Å²) in [6, 6.07) is 0. The van der Waals surface area contributed by atoms with Gasteiger partial charge in [-0.1, -0.05) is 0 Å². The summed E-state index contributed by atoms with van der Waals surface area (Å²) >= 11 is 0. The van der Waals surface area contributed by atoms with Crippen LogP contribution in [0.1, 0.15) is 6.92 Å². The molecule has 0 aromatic heterocycles. The minimum Gasteiger partial charge on any atom is -0.376 e. The van der Waals surface area contributed by atoms with E-state index in [1.54, 1.807) is 0 Å². The highest BCUT2D eigenvalue weighted by molar-refractivity contribution is 4.96. The zero-order chi connectivity index (χ0) is 7.03. The molecule has 2 rings (SSSR count). The van der Waals surface area contributed by atoms with E-state index in [2.05, 4.69) is 12.2 Å². The Morgan fingerprint density at radius 3 is 2.70 bits per heavy atom. The van der Waals surface area contributed by atoms with Crippen molar-refractivity contribution in [1.29, 1.82) is 0 Å². The minimum absolute atomic E-state index is 0.0394. The maximum Gasteiger partial charge on any atom is 0.117 e. The van der Waals surface area contributed by atoms with Crippen molar-refractivity contribution in [3.8, 4) is 0 Å². The fourth-order valence-corrected chi connectivity index (χ4v) is 1.49. The highest BCUT2D eigenvalue weighted by atomic mass is 16.6. The Hall–Kier alpha value is -0.120. The van der Waals surface area contributed by atoms with Crippen molar-refractivity contribution in [2.75, 3.05) is 26.3 Å². The predicted molar refractivity (Wildman–Crippen MR) is 37.0 cm³/mol. The summed E-state index contributed by atoms with van der Waals surface area (Å²) in [6.07, 6.45) is 0.274. The predicted octanol–water partition coefficient (Wildman–Crippen LogP) is -0.236. The molecule has 0 aromatic carbocycles. The van der Waals surface area contributed by atoms with Crippen molar-refractivity contribution in [1.82, 2.24) is 5.32 Å². The molecule has 0 amide bonds. The van der Waals surface area contributed by atoms with Gasteiger partial charge in [-0.15, -0.1) is 0 Å². The third-order valence-corrected chi connectivity index (χ3v) is 2.06. The summed E-state index contributed by atoms with van der Waals surface area (Å²) < 4.78 is 11.1. The lowest BCUT2D eigenvalue weighted by atomic mass is 9.97. The minimum atomic E-state index is 0.0394. The second-order valence-corrected chi connectivity index (χ2v) is 3.23. The molecule has 0 aromatic rings. The smallest absolute Gasteiger partial charge is 0.117 e. The fourth-order valence-electron chi connectivity index (χ4n) is 1.49. The van der Waals surface area contributed by atoms with E-state index >= 15 is 0 Å². The zero-order valence-corrected chi connectivity index (χ0v) is 6.22. The van der Waals surface area contributed by atoms with Gasteiger partial charge in [0.2, 0.25) is 0 Å². The second-order valence-electron chi connectivity index (χ2n) is 3.23. The van der Waals surface area contributed by atoms with Crippen LogP contribution in [-0.4, -0.2) is 38.0 Å². The quantitative estimate of drug-likeness (QED) is 0.508. The van der Waals surface area contributed by atoms with Crippen LogP contribution in [0.3, 0.4) is 0 Å². The van der Waals surface area contributed by atoms with Gasteiger partial charge in [0.15, 0.2) is 0 Å². The topological polar surface area (TPSA) is 30.5 Å². The lowest BCUT2D eigenvalue weighted by molar-refractivity contribution is -0.210. The highest BCUT2D eigenvalue weighted by Gasteiger charge is 2.42. The maximum atomic E-state index is 5.72. The van der Waals surface area contributed by atoms with Crippen molar-refractivity contribution < 1.29 is 9.47 Å². The van der Waals surface area contributed by atoms with Gasteiger partial charge in [0.25, 0.3) is 0 Å². The van der Waals surface area contributed by atoms with Crippen molar-refractivity contribution in [3.63, 3.8) is 0 Å². The largest absolute Gasteiger partial charge is 0.376 e. The van der Waals surface area contributed by atoms with Crippen molar-refractivity contribution >= 4 is 0 Å². The normalized spacial score (nSPS) is 37.5. The van der Waals surface area contributed by atoms with E-state index in [0.29, 0.717) is 0 Å². The molecule has 2 aliphatic rings. The molecule has 2 aliphatic heterocycles. The van der Waals surface area contributed by atoms with Crippen molar-refractivity contribution in [2.45, 2.75) is 18.6 Å². The Bertz CT molecular complexity index is 134. The molecule has 3 nitrogen and oxygen atoms in total. The summed E-state index contributed by atoms with van der Waals surface area (Å²) in [5.74, 6) is 0. The Labute approximate surface area is 60.7 Å². The first-order chi connectivity index (χ1) is 4.81. The van der Waals surface area contributed by atoms with Crippen LogP contribution in [0.2, 0.25) is 0 Å². The summed E-state index contributed by atoms with van der Waals surface area (Å²) in [5, 5.41) is 3.19.